The minimum absolute atomic E-state index is 0.116. The summed E-state index contributed by atoms with van der Waals surface area (Å²) >= 11 is 0. The molecule has 1 aromatic rings. The molecule has 2 N–H and O–H groups in total. The first-order valence-corrected chi connectivity index (χ1v) is 7.71. The first-order valence-electron chi connectivity index (χ1n) is 7.71. The minimum Gasteiger partial charge on any atom is -0.481 e. The number of amides is 1. The van der Waals surface area contributed by atoms with Crippen molar-refractivity contribution in [3.05, 3.63) is 29.8 Å². The summed E-state index contributed by atoms with van der Waals surface area (Å²) in [5.74, 6) is -1.93. The SMILES string of the molecule is O=C(O)C[C@@H](NC(=O)C[C@H]1CCCO1)c1ccc(OC(F)(F)F)cc1. The fourth-order valence-electron chi connectivity index (χ4n) is 2.59. The van der Waals surface area contributed by atoms with E-state index in [1.807, 2.05) is 0 Å². The Labute approximate surface area is 141 Å². The second kappa shape index (κ2) is 8.19. The van der Waals surface area contributed by atoms with Gasteiger partial charge in [-0.2, -0.15) is 0 Å². The van der Waals surface area contributed by atoms with Gasteiger partial charge in [0.1, 0.15) is 5.75 Å². The van der Waals surface area contributed by atoms with Crippen LogP contribution in [0.25, 0.3) is 0 Å². The first-order chi connectivity index (χ1) is 11.7. The third-order valence-corrected chi connectivity index (χ3v) is 3.67. The van der Waals surface area contributed by atoms with Crippen molar-refractivity contribution in [2.24, 2.45) is 0 Å². The quantitative estimate of drug-likeness (QED) is 0.780. The lowest BCUT2D eigenvalue weighted by Gasteiger charge is -2.19. The molecule has 6 nitrogen and oxygen atoms in total. The summed E-state index contributed by atoms with van der Waals surface area (Å²) in [6.07, 6.45) is -3.63. The number of ether oxygens (including phenoxy) is 2. The largest absolute Gasteiger partial charge is 0.573 e. The molecule has 0 aliphatic carbocycles. The first kappa shape index (κ1) is 19.0. The molecule has 138 valence electrons. The Morgan fingerprint density at radius 3 is 2.52 bits per heavy atom. The highest BCUT2D eigenvalue weighted by Gasteiger charge is 2.31. The predicted octanol–water partition coefficient (Wildman–Crippen LogP) is 2.79. The van der Waals surface area contributed by atoms with Gasteiger partial charge in [0.05, 0.1) is 25.0 Å². The summed E-state index contributed by atoms with van der Waals surface area (Å²) in [7, 11) is 0. The number of rotatable bonds is 7. The van der Waals surface area contributed by atoms with Crippen molar-refractivity contribution < 1.29 is 37.3 Å². The lowest BCUT2D eigenvalue weighted by Crippen LogP contribution is -2.32. The molecule has 1 aromatic carbocycles. The van der Waals surface area contributed by atoms with Gasteiger partial charge in [0.15, 0.2) is 0 Å². The standard InChI is InChI=1S/C16H18F3NO5/c17-16(18,19)25-11-5-3-10(4-6-11)13(9-15(22)23)20-14(21)8-12-2-1-7-24-12/h3-6,12-13H,1-2,7-9H2,(H,20,21)(H,22,23)/t12-,13-/m1/s1. The average molecular weight is 361 g/mol. The van der Waals surface area contributed by atoms with Gasteiger partial charge in [-0.15, -0.1) is 13.2 Å². The minimum atomic E-state index is -4.81. The van der Waals surface area contributed by atoms with E-state index >= 15 is 0 Å². The van der Waals surface area contributed by atoms with E-state index in [1.165, 1.54) is 12.1 Å². The molecule has 1 fully saturated rings. The van der Waals surface area contributed by atoms with E-state index in [-0.39, 0.29) is 18.4 Å². The van der Waals surface area contributed by atoms with E-state index in [1.54, 1.807) is 0 Å². The molecule has 2 atom stereocenters. The molecule has 0 saturated carbocycles. The topological polar surface area (TPSA) is 84.9 Å². The van der Waals surface area contributed by atoms with Gasteiger partial charge in [-0.05, 0) is 30.5 Å². The van der Waals surface area contributed by atoms with Crippen molar-refractivity contribution in [3.8, 4) is 5.75 Å². The van der Waals surface area contributed by atoms with E-state index in [9.17, 15) is 22.8 Å². The van der Waals surface area contributed by atoms with Crippen LogP contribution in [0.1, 0.15) is 37.3 Å². The number of carboxylic acids is 1. The Morgan fingerprint density at radius 2 is 2.00 bits per heavy atom. The molecule has 0 unspecified atom stereocenters. The average Bonchev–Trinajstić information content (AvgIpc) is 2.98. The van der Waals surface area contributed by atoms with Crippen molar-refractivity contribution in [2.75, 3.05) is 6.61 Å². The van der Waals surface area contributed by atoms with Crippen LogP contribution in [0.2, 0.25) is 0 Å². The van der Waals surface area contributed by atoms with Gasteiger partial charge >= 0.3 is 12.3 Å². The van der Waals surface area contributed by atoms with Crippen LogP contribution in [0, 0.1) is 0 Å². The number of carbonyl (C=O) groups excluding carboxylic acids is 1. The van der Waals surface area contributed by atoms with Gasteiger partial charge in [0.2, 0.25) is 5.91 Å². The van der Waals surface area contributed by atoms with Crippen LogP contribution < -0.4 is 10.1 Å². The fourth-order valence-corrected chi connectivity index (χ4v) is 2.59. The van der Waals surface area contributed by atoms with Gasteiger partial charge in [0.25, 0.3) is 0 Å². The molecule has 1 aliphatic heterocycles. The molecule has 0 spiro atoms. The third-order valence-electron chi connectivity index (χ3n) is 3.67. The van der Waals surface area contributed by atoms with Gasteiger partial charge in [-0.1, -0.05) is 12.1 Å². The van der Waals surface area contributed by atoms with Crippen LogP contribution in [0.4, 0.5) is 13.2 Å². The smallest absolute Gasteiger partial charge is 0.481 e. The van der Waals surface area contributed by atoms with E-state index in [0.717, 1.165) is 25.0 Å². The number of hydrogen-bond acceptors (Lipinski definition) is 4. The highest BCUT2D eigenvalue weighted by molar-refractivity contribution is 5.78. The number of halogens is 3. The van der Waals surface area contributed by atoms with E-state index < -0.39 is 30.5 Å². The molecule has 1 saturated heterocycles. The maximum atomic E-state index is 12.2. The molecule has 9 heteroatoms. The Hall–Kier alpha value is -2.29. The molecule has 1 aliphatic rings. The molecule has 2 rings (SSSR count). The van der Waals surface area contributed by atoms with Crippen LogP contribution in [0.5, 0.6) is 5.75 Å². The normalized spacial score (nSPS) is 18.6. The summed E-state index contributed by atoms with van der Waals surface area (Å²) in [5, 5.41) is 11.6. The third kappa shape index (κ3) is 6.61. The van der Waals surface area contributed by atoms with E-state index in [2.05, 4.69) is 10.1 Å². The molecular formula is C16H18F3NO5. The van der Waals surface area contributed by atoms with Crippen molar-refractivity contribution in [2.45, 2.75) is 44.2 Å². The molecular weight excluding hydrogens is 343 g/mol. The van der Waals surface area contributed by atoms with Crippen molar-refractivity contribution in [1.29, 1.82) is 0 Å². The summed E-state index contributed by atoms with van der Waals surface area (Å²) < 4.78 is 45.6. The van der Waals surface area contributed by atoms with Crippen LogP contribution in [0.3, 0.4) is 0 Å². The Bertz CT molecular complexity index is 597. The predicted molar refractivity (Wildman–Crippen MR) is 79.9 cm³/mol. The zero-order valence-electron chi connectivity index (χ0n) is 13.2. The van der Waals surface area contributed by atoms with Gasteiger partial charge in [-0.3, -0.25) is 9.59 Å². The number of hydrogen-bond donors (Lipinski definition) is 2. The zero-order valence-corrected chi connectivity index (χ0v) is 13.2. The highest BCUT2D eigenvalue weighted by atomic mass is 19.4. The molecule has 25 heavy (non-hydrogen) atoms. The number of aliphatic carboxylic acids is 1. The van der Waals surface area contributed by atoms with Crippen molar-refractivity contribution in [1.82, 2.24) is 5.32 Å². The zero-order chi connectivity index (χ0) is 18.4. The Balaban J connectivity index is 2.02. The van der Waals surface area contributed by atoms with Gasteiger partial charge < -0.3 is 19.9 Å². The number of nitrogens with one attached hydrogen (secondary N) is 1. The molecule has 0 bridgehead atoms. The van der Waals surface area contributed by atoms with Crippen LogP contribution >= 0.6 is 0 Å². The molecule has 1 amide bonds. The number of alkyl halides is 3. The fraction of sp³-hybridized carbons (Fsp3) is 0.500. The van der Waals surface area contributed by atoms with Crippen molar-refractivity contribution in [3.63, 3.8) is 0 Å². The number of benzene rings is 1. The second-order valence-electron chi connectivity index (χ2n) is 5.67. The van der Waals surface area contributed by atoms with Crippen LogP contribution in [0.15, 0.2) is 24.3 Å². The van der Waals surface area contributed by atoms with E-state index in [4.69, 9.17) is 9.84 Å². The van der Waals surface area contributed by atoms with Crippen LogP contribution in [-0.4, -0.2) is 36.1 Å². The second-order valence-corrected chi connectivity index (χ2v) is 5.67. The summed E-state index contributed by atoms with van der Waals surface area (Å²) in [6.45, 7) is 0.594. The van der Waals surface area contributed by atoms with Crippen molar-refractivity contribution >= 4 is 11.9 Å². The number of carbonyl (C=O) groups is 2. The lowest BCUT2D eigenvalue weighted by atomic mass is 10.0. The van der Waals surface area contributed by atoms with Gasteiger partial charge in [0, 0.05) is 6.61 Å². The summed E-state index contributed by atoms with van der Waals surface area (Å²) in [4.78, 5) is 23.1. The molecule has 0 aromatic heterocycles. The highest BCUT2D eigenvalue weighted by Crippen LogP contribution is 2.26. The molecule has 1 heterocycles. The Kier molecular flexibility index (Phi) is 6.24. The number of carboxylic acid groups (broad SMARTS) is 1. The maximum Gasteiger partial charge on any atom is 0.573 e. The summed E-state index contributed by atoms with van der Waals surface area (Å²) in [5.41, 5.74) is 0.373. The van der Waals surface area contributed by atoms with Crippen LogP contribution in [-0.2, 0) is 14.3 Å². The molecule has 0 radical (unpaired) electrons. The Morgan fingerprint density at radius 1 is 1.32 bits per heavy atom. The lowest BCUT2D eigenvalue weighted by molar-refractivity contribution is -0.274. The maximum absolute atomic E-state index is 12.2. The van der Waals surface area contributed by atoms with Gasteiger partial charge in [-0.25, -0.2) is 0 Å². The van der Waals surface area contributed by atoms with E-state index in [0.29, 0.717) is 12.2 Å². The monoisotopic (exact) mass is 361 g/mol. The summed E-state index contributed by atoms with van der Waals surface area (Å²) in [6, 6.07) is 3.88.